The number of aliphatic hydroxyl groups excluding tert-OH is 1. The summed E-state index contributed by atoms with van der Waals surface area (Å²) in [6.45, 7) is 0.790. The van der Waals surface area contributed by atoms with E-state index in [2.05, 4.69) is 27.8 Å². The van der Waals surface area contributed by atoms with Gasteiger partial charge >= 0.3 is 0 Å². The number of benzene rings is 1. The van der Waals surface area contributed by atoms with Crippen molar-refractivity contribution in [2.24, 2.45) is 0 Å². The monoisotopic (exact) mass is 362 g/mol. The molecule has 0 bridgehead atoms. The van der Waals surface area contributed by atoms with E-state index in [1.165, 1.54) is 0 Å². The molecule has 0 saturated heterocycles. The van der Waals surface area contributed by atoms with Gasteiger partial charge in [0.15, 0.2) is 5.82 Å². The van der Waals surface area contributed by atoms with Gasteiger partial charge in [0.2, 0.25) is 0 Å². The molecule has 0 amide bonds. The van der Waals surface area contributed by atoms with Crippen LogP contribution in [0.2, 0.25) is 0 Å². The van der Waals surface area contributed by atoms with E-state index in [0.29, 0.717) is 18.8 Å². The number of hydrogen-bond donors (Lipinski definition) is 2. The average Bonchev–Trinajstić information content (AvgIpc) is 3.14. The summed E-state index contributed by atoms with van der Waals surface area (Å²) in [6.07, 6.45) is 2.40. The van der Waals surface area contributed by atoms with Crippen LogP contribution >= 0.6 is 11.3 Å². The minimum Gasteiger partial charge on any atom is -0.396 e. The summed E-state index contributed by atoms with van der Waals surface area (Å²) in [5.41, 5.74) is 3.00. The molecule has 6 heteroatoms. The molecule has 5 nitrogen and oxygen atoms in total. The molecule has 0 atom stereocenters. The SMILES string of the molecule is OCCCNc1nc(-c2ccccn2)nc2scc(-c3ccccc3)c12. The highest BCUT2D eigenvalue weighted by atomic mass is 32.1. The summed E-state index contributed by atoms with van der Waals surface area (Å²) >= 11 is 1.60. The van der Waals surface area contributed by atoms with Gasteiger partial charge in [0, 0.05) is 30.3 Å². The van der Waals surface area contributed by atoms with Gasteiger partial charge in [-0.25, -0.2) is 9.97 Å². The minimum absolute atomic E-state index is 0.142. The molecule has 0 aliphatic carbocycles. The lowest BCUT2D eigenvalue weighted by atomic mass is 10.1. The Morgan fingerprint density at radius 3 is 2.62 bits per heavy atom. The smallest absolute Gasteiger partial charge is 0.181 e. The standard InChI is InChI=1S/C20H18N4OS/c25-12-6-11-22-19-17-15(14-7-2-1-3-8-14)13-26-20(17)24-18(23-19)16-9-4-5-10-21-16/h1-5,7-10,13,25H,6,11-12H2,(H,22,23,24). The lowest BCUT2D eigenvalue weighted by molar-refractivity contribution is 0.292. The topological polar surface area (TPSA) is 70.9 Å². The number of pyridine rings is 1. The molecule has 1 aromatic carbocycles. The average molecular weight is 362 g/mol. The number of rotatable bonds is 6. The fourth-order valence-corrected chi connectivity index (χ4v) is 3.74. The minimum atomic E-state index is 0.142. The molecule has 3 heterocycles. The molecule has 3 aromatic heterocycles. The Kier molecular flexibility index (Phi) is 4.86. The molecule has 0 unspecified atom stereocenters. The third kappa shape index (κ3) is 3.29. The van der Waals surface area contributed by atoms with Crippen molar-refractivity contribution in [2.75, 3.05) is 18.5 Å². The Morgan fingerprint density at radius 1 is 1.00 bits per heavy atom. The predicted octanol–water partition coefficient (Wildman–Crippen LogP) is 4.21. The second-order valence-electron chi connectivity index (χ2n) is 5.81. The zero-order chi connectivity index (χ0) is 17.8. The van der Waals surface area contributed by atoms with E-state index in [1.807, 2.05) is 36.4 Å². The van der Waals surface area contributed by atoms with Crippen LogP contribution in [0.1, 0.15) is 6.42 Å². The van der Waals surface area contributed by atoms with Gasteiger partial charge in [0.25, 0.3) is 0 Å². The third-order valence-corrected chi connectivity index (χ3v) is 4.91. The van der Waals surface area contributed by atoms with Crippen molar-refractivity contribution in [3.05, 3.63) is 60.1 Å². The van der Waals surface area contributed by atoms with Gasteiger partial charge in [-0.05, 0) is 24.1 Å². The molecule has 0 aliphatic rings. The molecule has 0 saturated carbocycles. The maximum atomic E-state index is 9.10. The Morgan fingerprint density at radius 2 is 1.85 bits per heavy atom. The third-order valence-electron chi connectivity index (χ3n) is 4.04. The number of nitrogens with one attached hydrogen (secondary N) is 1. The predicted molar refractivity (Wildman–Crippen MR) is 106 cm³/mol. The zero-order valence-electron chi connectivity index (χ0n) is 14.1. The van der Waals surface area contributed by atoms with Gasteiger partial charge in [0.1, 0.15) is 16.3 Å². The van der Waals surface area contributed by atoms with Crippen LogP contribution in [-0.4, -0.2) is 33.2 Å². The van der Waals surface area contributed by atoms with Crippen LogP contribution in [0.25, 0.3) is 32.9 Å². The first kappa shape index (κ1) is 16.6. The summed E-state index contributed by atoms with van der Waals surface area (Å²) in [4.78, 5) is 14.8. The number of aliphatic hydroxyl groups is 1. The molecule has 2 N–H and O–H groups in total. The van der Waals surface area contributed by atoms with Crippen molar-refractivity contribution in [2.45, 2.75) is 6.42 Å². The van der Waals surface area contributed by atoms with Crippen LogP contribution < -0.4 is 5.32 Å². The maximum Gasteiger partial charge on any atom is 0.181 e. The molecule has 0 fully saturated rings. The number of fused-ring (bicyclic) bond motifs is 1. The fourth-order valence-electron chi connectivity index (χ4n) is 2.80. The summed E-state index contributed by atoms with van der Waals surface area (Å²) in [5, 5.41) is 15.6. The van der Waals surface area contributed by atoms with Crippen molar-refractivity contribution in [1.29, 1.82) is 0 Å². The van der Waals surface area contributed by atoms with Crippen molar-refractivity contribution in [3.8, 4) is 22.6 Å². The van der Waals surface area contributed by atoms with Crippen LogP contribution in [0, 0.1) is 0 Å². The normalized spacial score (nSPS) is 11.0. The van der Waals surface area contributed by atoms with E-state index in [9.17, 15) is 0 Å². The number of hydrogen-bond acceptors (Lipinski definition) is 6. The summed E-state index contributed by atoms with van der Waals surface area (Å²) < 4.78 is 0. The highest BCUT2D eigenvalue weighted by Crippen LogP contribution is 2.37. The molecule has 26 heavy (non-hydrogen) atoms. The number of anilines is 1. The van der Waals surface area contributed by atoms with Gasteiger partial charge in [-0.2, -0.15) is 0 Å². The molecular formula is C20H18N4OS. The number of aromatic nitrogens is 3. The maximum absolute atomic E-state index is 9.10. The summed E-state index contributed by atoms with van der Waals surface area (Å²) in [6, 6.07) is 16.0. The van der Waals surface area contributed by atoms with Crippen LogP contribution in [0.5, 0.6) is 0 Å². The second-order valence-corrected chi connectivity index (χ2v) is 6.67. The Labute approximate surface area is 155 Å². The molecule has 0 aliphatic heterocycles. The first-order valence-corrected chi connectivity index (χ1v) is 9.35. The lowest BCUT2D eigenvalue weighted by Crippen LogP contribution is -2.07. The molecule has 130 valence electrons. The van der Waals surface area contributed by atoms with Crippen LogP contribution in [0.3, 0.4) is 0 Å². The van der Waals surface area contributed by atoms with E-state index >= 15 is 0 Å². The highest BCUT2D eigenvalue weighted by molar-refractivity contribution is 7.17. The number of nitrogens with zero attached hydrogens (tertiary/aromatic N) is 3. The largest absolute Gasteiger partial charge is 0.396 e. The molecule has 0 radical (unpaired) electrons. The Hall–Kier alpha value is -2.83. The van der Waals surface area contributed by atoms with Crippen molar-refractivity contribution in [3.63, 3.8) is 0 Å². The van der Waals surface area contributed by atoms with E-state index in [-0.39, 0.29) is 6.61 Å². The van der Waals surface area contributed by atoms with Gasteiger partial charge in [0.05, 0.1) is 5.39 Å². The van der Waals surface area contributed by atoms with Gasteiger partial charge < -0.3 is 10.4 Å². The second kappa shape index (κ2) is 7.59. The molecule has 4 aromatic rings. The highest BCUT2D eigenvalue weighted by Gasteiger charge is 2.16. The van der Waals surface area contributed by atoms with Crippen LogP contribution in [0.15, 0.2) is 60.1 Å². The van der Waals surface area contributed by atoms with Crippen molar-refractivity contribution < 1.29 is 5.11 Å². The van der Waals surface area contributed by atoms with Crippen molar-refractivity contribution >= 4 is 27.4 Å². The first-order chi connectivity index (χ1) is 12.9. The lowest BCUT2D eigenvalue weighted by Gasteiger charge is -2.10. The van der Waals surface area contributed by atoms with Gasteiger partial charge in [-0.1, -0.05) is 36.4 Å². The molecular weight excluding hydrogens is 344 g/mol. The van der Waals surface area contributed by atoms with Crippen LogP contribution in [-0.2, 0) is 0 Å². The molecule has 4 rings (SSSR count). The summed E-state index contributed by atoms with van der Waals surface area (Å²) in [7, 11) is 0. The summed E-state index contributed by atoms with van der Waals surface area (Å²) in [5.74, 6) is 1.38. The van der Waals surface area contributed by atoms with Gasteiger partial charge in [-0.15, -0.1) is 11.3 Å². The Balaban J connectivity index is 1.86. The van der Waals surface area contributed by atoms with E-state index < -0.39 is 0 Å². The fraction of sp³-hybridized carbons (Fsp3) is 0.150. The van der Waals surface area contributed by atoms with E-state index in [1.54, 1.807) is 17.5 Å². The van der Waals surface area contributed by atoms with E-state index in [4.69, 9.17) is 15.1 Å². The van der Waals surface area contributed by atoms with E-state index in [0.717, 1.165) is 32.9 Å². The molecule has 0 spiro atoms. The Bertz CT molecular complexity index is 1000. The quantitative estimate of drug-likeness (QED) is 0.503. The zero-order valence-corrected chi connectivity index (χ0v) is 14.9. The van der Waals surface area contributed by atoms with Crippen molar-refractivity contribution in [1.82, 2.24) is 15.0 Å². The van der Waals surface area contributed by atoms with Gasteiger partial charge in [-0.3, -0.25) is 4.98 Å². The number of thiophene rings is 1. The first-order valence-electron chi connectivity index (χ1n) is 8.47. The van der Waals surface area contributed by atoms with Crippen LogP contribution in [0.4, 0.5) is 5.82 Å².